The maximum absolute atomic E-state index is 13.9. The van der Waals surface area contributed by atoms with Crippen LogP contribution in [-0.2, 0) is 0 Å². The Morgan fingerprint density at radius 2 is 2.05 bits per heavy atom. The van der Waals surface area contributed by atoms with E-state index in [1.54, 1.807) is 19.1 Å². The predicted molar refractivity (Wildman–Crippen MR) is 84.2 cm³/mol. The van der Waals surface area contributed by atoms with E-state index in [-0.39, 0.29) is 22.6 Å². The molecule has 2 aromatic rings. The summed E-state index contributed by atoms with van der Waals surface area (Å²) in [5.41, 5.74) is 0.901. The molecule has 1 unspecified atom stereocenters. The van der Waals surface area contributed by atoms with Crippen LogP contribution in [0.1, 0.15) is 18.5 Å². The van der Waals surface area contributed by atoms with Gasteiger partial charge in [0.2, 0.25) is 0 Å². The maximum atomic E-state index is 13.9. The molecule has 110 valence electrons. The van der Waals surface area contributed by atoms with Gasteiger partial charge in [0.15, 0.2) is 0 Å². The molecular weight excluding hydrogens is 363 g/mol. The lowest BCUT2D eigenvalue weighted by atomic mass is 10.1. The molecule has 1 atom stereocenters. The molecule has 0 saturated heterocycles. The largest absolute Gasteiger partial charge is 0.377 e. The van der Waals surface area contributed by atoms with Crippen LogP contribution in [0.25, 0.3) is 0 Å². The fourth-order valence-corrected chi connectivity index (χ4v) is 2.46. The van der Waals surface area contributed by atoms with Gasteiger partial charge < -0.3 is 5.32 Å². The van der Waals surface area contributed by atoms with E-state index in [1.807, 2.05) is 0 Å². The van der Waals surface area contributed by atoms with Crippen LogP contribution in [0.5, 0.6) is 0 Å². The number of hydrogen-bond acceptors (Lipinski definition) is 3. The molecular formula is C14H11BrClFN2O2. The maximum Gasteiger partial charge on any atom is 0.271 e. The van der Waals surface area contributed by atoms with Crippen molar-refractivity contribution in [1.29, 1.82) is 0 Å². The summed E-state index contributed by atoms with van der Waals surface area (Å²) in [6, 6.07) is 8.56. The van der Waals surface area contributed by atoms with E-state index in [0.29, 0.717) is 15.7 Å². The normalized spacial score (nSPS) is 12.0. The van der Waals surface area contributed by atoms with Gasteiger partial charge in [-0.05, 0) is 25.1 Å². The fraction of sp³-hybridized carbons (Fsp3) is 0.143. The quantitative estimate of drug-likeness (QED) is 0.582. The first kappa shape index (κ1) is 15.7. The number of halogens is 3. The molecule has 0 heterocycles. The third-order valence-corrected chi connectivity index (χ3v) is 3.77. The Bertz CT molecular complexity index is 697. The Kier molecular flexibility index (Phi) is 4.80. The van der Waals surface area contributed by atoms with Gasteiger partial charge in [-0.25, -0.2) is 4.39 Å². The smallest absolute Gasteiger partial charge is 0.271 e. The number of anilines is 1. The van der Waals surface area contributed by atoms with Crippen molar-refractivity contribution in [2.75, 3.05) is 5.32 Å². The van der Waals surface area contributed by atoms with Gasteiger partial charge in [0, 0.05) is 22.2 Å². The highest BCUT2D eigenvalue weighted by atomic mass is 79.9. The van der Waals surface area contributed by atoms with E-state index >= 15 is 0 Å². The minimum Gasteiger partial charge on any atom is -0.377 e. The van der Waals surface area contributed by atoms with Gasteiger partial charge >= 0.3 is 0 Å². The standard InChI is InChI=1S/C14H11BrClFN2O2/c1-8(11-4-2-9(15)6-13(11)17)18-14-5-3-10(19(20)21)7-12(14)16/h2-8,18H,1H3. The third-order valence-electron chi connectivity index (χ3n) is 2.96. The van der Waals surface area contributed by atoms with Gasteiger partial charge in [-0.1, -0.05) is 33.6 Å². The average Bonchev–Trinajstić information content (AvgIpc) is 2.40. The molecule has 0 bridgehead atoms. The summed E-state index contributed by atoms with van der Waals surface area (Å²) in [5.74, 6) is -0.345. The predicted octanol–water partition coefficient (Wildman–Crippen LogP) is 5.32. The average molecular weight is 374 g/mol. The molecule has 0 radical (unpaired) electrons. The molecule has 0 aromatic heterocycles. The molecule has 0 spiro atoms. The van der Waals surface area contributed by atoms with Crippen LogP contribution in [0, 0.1) is 15.9 Å². The van der Waals surface area contributed by atoms with E-state index in [1.165, 1.54) is 24.3 Å². The molecule has 0 amide bonds. The van der Waals surface area contributed by atoms with Crippen LogP contribution >= 0.6 is 27.5 Å². The molecule has 0 fully saturated rings. The van der Waals surface area contributed by atoms with Crippen molar-refractivity contribution in [3.05, 3.63) is 67.4 Å². The van der Waals surface area contributed by atoms with E-state index < -0.39 is 4.92 Å². The summed E-state index contributed by atoms with van der Waals surface area (Å²) in [5, 5.41) is 13.9. The molecule has 0 aliphatic carbocycles. The first-order valence-corrected chi connectivity index (χ1v) is 7.21. The number of non-ortho nitro benzene ring substituents is 1. The van der Waals surface area contributed by atoms with Crippen molar-refractivity contribution in [3.8, 4) is 0 Å². The van der Waals surface area contributed by atoms with Crippen molar-refractivity contribution in [2.24, 2.45) is 0 Å². The van der Waals surface area contributed by atoms with E-state index in [0.717, 1.165) is 0 Å². The minimum atomic E-state index is -0.520. The van der Waals surface area contributed by atoms with Crippen molar-refractivity contribution < 1.29 is 9.31 Å². The second-order valence-corrected chi connectivity index (χ2v) is 5.78. The van der Waals surface area contributed by atoms with Crippen LogP contribution in [0.4, 0.5) is 15.8 Å². The van der Waals surface area contributed by atoms with Crippen molar-refractivity contribution >= 4 is 38.9 Å². The highest BCUT2D eigenvalue weighted by Crippen LogP contribution is 2.30. The second kappa shape index (κ2) is 6.41. The molecule has 0 aliphatic heterocycles. The molecule has 21 heavy (non-hydrogen) atoms. The molecule has 4 nitrogen and oxygen atoms in total. The Hall–Kier alpha value is -1.66. The first-order valence-electron chi connectivity index (χ1n) is 6.04. The Labute approximate surface area is 134 Å². The Morgan fingerprint density at radius 3 is 2.62 bits per heavy atom. The first-order chi connectivity index (χ1) is 9.88. The lowest BCUT2D eigenvalue weighted by Crippen LogP contribution is -2.09. The minimum absolute atomic E-state index is 0.0898. The van der Waals surface area contributed by atoms with Crippen LogP contribution in [0.3, 0.4) is 0 Å². The summed E-state index contributed by atoms with van der Waals surface area (Å²) in [6.07, 6.45) is 0. The number of benzene rings is 2. The topological polar surface area (TPSA) is 55.2 Å². The van der Waals surface area contributed by atoms with Gasteiger partial charge in [0.1, 0.15) is 5.82 Å². The summed E-state index contributed by atoms with van der Waals surface area (Å²) < 4.78 is 14.5. The lowest BCUT2D eigenvalue weighted by molar-refractivity contribution is -0.384. The second-order valence-electron chi connectivity index (χ2n) is 4.45. The number of nitro benzene ring substituents is 1. The van der Waals surface area contributed by atoms with Crippen molar-refractivity contribution in [3.63, 3.8) is 0 Å². The van der Waals surface area contributed by atoms with E-state index in [2.05, 4.69) is 21.2 Å². The van der Waals surface area contributed by atoms with Crippen molar-refractivity contribution in [1.82, 2.24) is 0 Å². The van der Waals surface area contributed by atoms with Crippen molar-refractivity contribution in [2.45, 2.75) is 13.0 Å². The molecule has 1 N–H and O–H groups in total. The van der Waals surface area contributed by atoms with E-state index in [9.17, 15) is 14.5 Å². The van der Waals surface area contributed by atoms with Crippen LogP contribution in [0.15, 0.2) is 40.9 Å². The van der Waals surface area contributed by atoms with Gasteiger partial charge in [-0.15, -0.1) is 0 Å². The highest BCUT2D eigenvalue weighted by molar-refractivity contribution is 9.10. The van der Waals surface area contributed by atoms with Crippen LogP contribution < -0.4 is 5.32 Å². The Morgan fingerprint density at radius 1 is 1.33 bits per heavy atom. The summed E-state index contributed by atoms with van der Waals surface area (Å²) in [7, 11) is 0. The molecule has 0 aliphatic rings. The van der Waals surface area contributed by atoms with Gasteiger partial charge in [-0.3, -0.25) is 10.1 Å². The summed E-state index contributed by atoms with van der Waals surface area (Å²) >= 11 is 9.20. The molecule has 2 rings (SSSR count). The van der Waals surface area contributed by atoms with Gasteiger partial charge in [0.05, 0.1) is 21.7 Å². The fourth-order valence-electron chi connectivity index (χ4n) is 1.90. The highest BCUT2D eigenvalue weighted by Gasteiger charge is 2.14. The monoisotopic (exact) mass is 372 g/mol. The number of nitrogens with zero attached hydrogens (tertiary/aromatic N) is 1. The third kappa shape index (κ3) is 3.71. The van der Waals surface area contributed by atoms with Gasteiger partial charge in [-0.2, -0.15) is 0 Å². The number of nitrogens with one attached hydrogen (secondary N) is 1. The van der Waals surface area contributed by atoms with Crippen LogP contribution in [-0.4, -0.2) is 4.92 Å². The lowest BCUT2D eigenvalue weighted by Gasteiger charge is -2.17. The number of hydrogen-bond donors (Lipinski definition) is 1. The van der Waals surface area contributed by atoms with Gasteiger partial charge in [0.25, 0.3) is 5.69 Å². The Balaban J connectivity index is 2.23. The molecule has 0 saturated carbocycles. The number of nitro groups is 1. The molecule has 2 aromatic carbocycles. The van der Waals surface area contributed by atoms with Crippen LogP contribution in [0.2, 0.25) is 5.02 Å². The van der Waals surface area contributed by atoms with E-state index in [4.69, 9.17) is 11.6 Å². The zero-order valence-electron chi connectivity index (χ0n) is 10.9. The summed E-state index contributed by atoms with van der Waals surface area (Å²) in [6.45, 7) is 1.78. The number of rotatable bonds is 4. The zero-order valence-corrected chi connectivity index (χ0v) is 13.3. The zero-order chi connectivity index (χ0) is 15.6. The summed E-state index contributed by atoms with van der Waals surface area (Å²) in [4.78, 5) is 10.1. The molecule has 7 heteroatoms. The SMILES string of the molecule is CC(Nc1ccc([N+](=O)[O-])cc1Cl)c1ccc(Br)cc1F.